The van der Waals surface area contributed by atoms with E-state index in [1.807, 2.05) is 6.08 Å². The third-order valence-corrected chi connectivity index (χ3v) is 5.56. The molecule has 2 aromatic heterocycles. The van der Waals surface area contributed by atoms with Crippen molar-refractivity contribution in [2.24, 2.45) is 0 Å². The van der Waals surface area contributed by atoms with Crippen LogP contribution in [-0.4, -0.2) is 38.3 Å². The molecule has 12 heteroatoms. The average molecular weight is 479 g/mol. The Labute approximate surface area is 190 Å². The summed E-state index contributed by atoms with van der Waals surface area (Å²) in [4.78, 5) is 29.8. The van der Waals surface area contributed by atoms with Crippen molar-refractivity contribution >= 4 is 22.9 Å². The molecule has 0 unspecified atom stereocenters. The maximum atomic E-state index is 14.2. The number of ether oxygens (including phenoxy) is 1. The highest BCUT2D eigenvalue weighted by Crippen LogP contribution is 2.34. The van der Waals surface area contributed by atoms with Crippen LogP contribution in [0.5, 0.6) is 0 Å². The van der Waals surface area contributed by atoms with Crippen molar-refractivity contribution in [2.45, 2.75) is 39.4 Å². The quantitative estimate of drug-likeness (QED) is 0.567. The van der Waals surface area contributed by atoms with Gasteiger partial charge >= 0.3 is 6.18 Å². The van der Waals surface area contributed by atoms with Crippen LogP contribution in [0.3, 0.4) is 0 Å². The summed E-state index contributed by atoms with van der Waals surface area (Å²) in [6, 6.07) is 2.94. The number of benzene rings is 1. The Bertz CT molecular complexity index is 1360. The van der Waals surface area contributed by atoms with Crippen LogP contribution in [0.15, 0.2) is 29.1 Å². The first-order valence-corrected chi connectivity index (χ1v) is 10.5. The number of nitrogens with zero attached hydrogens (tertiary/aromatic N) is 4. The molecule has 0 saturated heterocycles. The van der Waals surface area contributed by atoms with E-state index in [0.717, 1.165) is 23.1 Å². The van der Waals surface area contributed by atoms with Crippen LogP contribution in [0.4, 0.5) is 23.2 Å². The van der Waals surface area contributed by atoms with E-state index >= 15 is 0 Å². The third-order valence-electron chi connectivity index (χ3n) is 5.56. The predicted octanol–water partition coefficient (Wildman–Crippen LogP) is 3.36. The van der Waals surface area contributed by atoms with E-state index in [-0.39, 0.29) is 23.6 Å². The van der Waals surface area contributed by atoms with Crippen LogP contribution in [0, 0.1) is 12.7 Å². The number of rotatable bonds is 5. The van der Waals surface area contributed by atoms with Crippen molar-refractivity contribution in [3.63, 3.8) is 0 Å². The maximum absolute atomic E-state index is 14.2. The second-order valence-corrected chi connectivity index (χ2v) is 7.76. The van der Waals surface area contributed by atoms with Crippen molar-refractivity contribution in [1.29, 1.82) is 0 Å². The molecule has 0 fully saturated rings. The van der Waals surface area contributed by atoms with E-state index in [4.69, 9.17) is 4.74 Å². The molecule has 8 nitrogen and oxygen atoms in total. The number of carbonyl (C=O) groups is 1. The van der Waals surface area contributed by atoms with Gasteiger partial charge in [-0.2, -0.15) is 22.7 Å². The van der Waals surface area contributed by atoms with E-state index in [1.165, 1.54) is 10.6 Å². The first kappa shape index (κ1) is 23.6. The lowest BCUT2D eigenvalue weighted by Gasteiger charge is -2.16. The van der Waals surface area contributed by atoms with Crippen LogP contribution in [0.25, 0.3) is 11.4 Å². The van der Waals surface area contributed by atoms with Gasteiger partial charge in [-0.05, 0) is 37.5 Å². The molecule has 1 N–H and O–H groups in total. The molecular weight excluding hydrogens is 458 g/mol. The van der Waals surface area contributed by atoms with Crippen LogP contribution in [0.2, 0.25) is 0 Å². The molecule has 0 saturated carbocycles. The summed E-state index contributed by atoms with van der Waals surface area (Å²) < 4.78 is 60.9. The van der Waals surface area contributed by atoms with Gasteiger partial charge in [0.1, 0.15) is 12.4 Å². The average Bonchev–Trinajstić information content (AvgIpc) is 3.25. The normalized spacial score (nSPS) is 14.4. The summed E-state index contributed by atoms with van der Waals surface area (Å²) in [6.07, 6.45) is -2.04. The van der Waals surface area contributed by atoms with E-state index < -0.39 is 29.0 Å². The monoisotopic (exact) mass is 479 g/mol. The lowest BCUT2D eigenvalue weighted by Crippen LogP contribution is -2.26. The molecule has 1 aliphatic heterocycles. The van der Waals surface area contributed by atoms with Gasteiger partial charge in [0, 0.05) is 23.0 Å². The zero-order valence-electron chi connectivity index (χ0n) is 18.4. The lowest BCUT2D eigenvalue weighted by atomic mass is 10.1. The molecule has 0 spiro atoms. The minimum absolute atomic E-state index is 0.0832. The van der Waals surface area contributed by atoms with Crippen molar-refractivity contribution in [3.8, 4) is 0 Å². The number of carbonyl (C=O) groups excluding carboxylic acids is 1. The second-order valence-electron chi connectivity index (χ2n) is 7.76. The van der Waals surface area contributed by atoms with Gasteiger partial charge in [0.2, 0.25) is 11.7 Å². The molecule has 4 rings (SSSR count). The SMILES string of the molecule is CCc1cc(=O)n2nc(C3=CCOCC3)nc2n1CC(=O)Nc1ccc(C(F)(F)F)c(F)c1C. The van der Waals surface area contributed by atoms with E-state index in [9.17, 15) is 27.2 Å². The first-order valence-electron chi connectivity index (χ1n) is 10.5. The fraction of sp³-hybridized carbons (Fsp3) is 0.364. The molecule has 0 aliphatic carbocycles. The molecule has 3 aromatic rings. The zero-order chi connectivity index (χ0) is 24.6. The highest BCUT2D eigenvalue weighted by Gasteiger charge is 2.35. The number of alkyl halides is 3. The van der Waals surface area contributed by atoms with Crippen molar-refractivity contribution in [2.75, 3.05) is 18.5 Å². The van der Waals surface area contributed by atoms with Gasteiger partial charge in [-0.1, -0.05) is 13.0 Å². The van der Waals surface area contributed by atoms with Crippen LogP contribution >= 0.6 is 0 Å². The fourth-order valence-electron chi connectivity index (χ4n) is 3.74. The highest BCUT2D eigenvalue weighted by molar-refractivity contribution is 5.91. The van der Waals surface area contributed by atoms with Crippen LogP contribution in [-0.2, 0) is 28.7 Å². The Hall–Kier alpha value is -3.54. The van der Waals surface area contributed by atoms with Crippen molar-refractivity contribution in [3.05, 3.63) is 63.1 Å². The number of nitrogens with one attached hydrogen (secondary N) is 1. The zero-order valence-corrected chi connectivity index (χ0v) is 18.4. The van der Waals surface area contributed by atoms with Gasteiger partial charge in [0.05, 0.1) is 18.8 Å². The number of hydrogen-bond acceptors (Lipinski definition) is 5. The summed E-state index contributed by atoms with van der Waals surface area (Å²) in [7, 11) is 0. The fourth-order valence-corrected chi connectivity index (χ4v) is 3.74. The summed E-state index contributed by atoms with van der Waals surface area (Å²) in [5.74, 6) is -1.57. The molecule has 0 bridgehead atoms. The topological polar surface area (TPSA) is 90.5 Å². The van der Waals surface area contributed by atoms with Gasteiger partial charge in [-0.3, -0.25) is 9.59 Å². The standard InChI is InChI=1S/C22H21F4N5O3/c1-3-14-10-18(33)31-21(28-20(29-31)13-6-8-34-9-7-13)30(14)11-17(32)27-16-5-4-15(22(24,25)26)19(23)12(16)2/h4-6,10H,3,7-9,11H2,1-2H3,(H,27,32). The Morgan fingerprint density at radius 3 is 2.71 bits per heavy atom. The molecule has 1 aliphatic rings. The molecule has 3 heterocycles. The Kier molecular flexibility index (Phi) is 6.26. The Morgan fingerprint density at radius 1 is 1.29 bits per heavy atom. The largest absolute Gasteiger partial charge is 0.419 e. The summed E-state index contributed by atoms with van der Waals surface area (Å²) in [6.45, 7) is 3.54. The van der Waals surface area contributed by atoms with Crippen molar-refractivity contribution in [1.82, 2.24) is 19.2 Å². The molecular formula is C22H21F4N5O3. The molecule has 0 atom stereocenters. The molecule has 34 heavy (non-hydrogen) atoms. The number of aryl methyl sites for hydroxylation is 1. The highest BCUT2D eigenvalue weighted by atomic mass is 19.4. The molecule has 180 valence electrons. The number of hydrogen-bond donors (Lipinski definition) is 1. The van der Waals surface area contributed by atoms with Gasteiger partial charge in [0.15, 0.2) is 5.82 Å². The second kappa shape index (κ2) is 9.01. The van der Waals surface area contributed by atoms with Crippen LogP contribution in [0.1, 0.15) is 36.0 Å². The van der Waals surface area contributed by atoms with Gasteiger partial charge in [0.25, 0.3) is 5.56 Å². The number of anilines is 1. The van der Waals surface area contributed by atoms with E-state index in [1.54, 1.807) is 6.92 Å². The minimum Gasteiger partial charge on any atom is -0.377 e. The number of fused-ring (bicyclic) bond motifs is 1. The Balaban J connectivity index is 1.67. The summed E-state index contributed by atoms with van der Waals surface area (Å²) in [5, 5.41) is 6.73. The van der Waals surface area contributed by atoms with Crippen LogP contribution < -0.4 is 10.9 Å². The number of amides is 1. The smallest absolute Gasteiger partial charge is 0.377 e. The summed E-state index contributed by atoms with van der Waals surface area (Å²) >= 11 is 0. The summed E-state index contributed by atoms with van der Waals surface area (Å²) in [5.41, 5.74) is -0.894. The number of halogens is 4. The van der Waals surface area contributed by atoms with E-state index in [2.05, 4.69) is 15.4 Å². The molecule has 1 amide bonds. The minimum atomic E-state index is -4.85. The van der Waals surface area contributed by atoms with Gasteiger partial charge in [-0.25, -0.2) is 4.39 Å². The third kappa shape index (κ3) is 4.45. The number of aromatic nitrogens is 4. The van der Waals surface area contributed by atoms with E-state index in [0.29, 0.717) is 43.6 Å². The predicted molar refractivity (Wildman–Crippen MR) is 115 cm³/mol. The van der Waals surface area contributed by atoms with Gasteiger partial charge in [-0.15, -0.1) is 5.10 Å². The first-order chi connectivity index (χ1) is 16.1. The van der Waals surface area contributed by atoms with Gasteiger partial charge < -0.3 is 14.6 Å². The van der Waals surface area contributed by atoms with Crippen molar-refractivity contribution < 1.29 is 27.1 Å². The molecule has 1 aromatic carbocycles. The lowest BCUT2D eigenvalue weighted by molar-refractivity contribution is -0.140. The molecule has 0 radical (unpaired) electrons. The maximum Gasteiger partial charge on any atom is 0.419 e. The Morgan fingerprint density at radius 2 is 2.06 bits per heavy atom.